The Labute approximate surface area is 85.1 Å². The zero-order valence-corrected chi connectivity index (χ0v) is 10.1. The van der Waals surface area contributed by atoms with E-state index in [1.807, 2.05) is 0 Å². The van der Waals surface area contributed by atoms with Crippen LogP contribution in [0, 0.1) is 11.8 Å². The van der Waals surface area contributed by atoms with Gasteiger partial charge in [-0.2, -0.15) is 0 Å². The molecule has 0 unspecified atom stereocenters. The van der Waals surface area contributed by atoms with Crippen molar-refractivity contribution in [2.24, 2.45) is 11.8 Å². The summed E-state index contributed by atoms with van der Waals surface area (Å²) >= 11 is 0. The SMILES string of the molecule is CCC(C)C.CCC1CCCCC1. The van der Waals surface area contributed by atoms with Gasteiger partial charge in [-0.1, -0.05) is 72.6 Å². The first-order valence-electron chi connectivity index (χ1n) is 6.20. The lowest BCUT2D eigenvalue weighted by atomic mass is 9.88. The van der Waals surface area contributed by atoms with E-state index in [0.717, 1.165) is 11.8 Å². The molecule has 0 aromatic rings. The second-order valence-electron chi connectivity index (χ2n) is 4.71. The van der Waals surface area contributed by atoms with Gasteiger partial charge in [-0.25, -0.2) is 0 Å². The van der Waals surface area contributed by atoms with E-state index in [1.54, 1.807) is 0 Å². The van der Waals surface area contributed by atoms with Crippen molar-refractivity contribution in [2.45, 2.75) is 72.6 Å². The fourth-order valence-corrected chi connectivity index (χ4v) is 1.60. The number of rotatable bonds is 2. The van der Waals surface area contributed by atoms with E-state index in [2.05, 4.69) is 27.7 Å². The monoisotopic (exact) mass is 184 g/mol. The van der Waals surface area contributed by atoms with Crippen molar-refractivity contribution in [1.29, 1.82) is 0 Å². The average molecular weight is 184 g/mol. The molecule has 0 heteroatoms. The van der Waals surface area contributed by atoms with Crippen LogP contribution in [0.4, 0.5) is 0 Å². The predicted octanol–water partition coefficient (Wildman–Crippen LogP) is 5.03. The molecule has 0 heterocycles. The smallest absolute Gasteiger partial charge is 0.0417 e. The normalized spacial score (nSPS) is 18.2. The molecule has 0 radical (unpaired) electrons. The molecule has 0 spiro atoms. The first kappa shape index (κ1) is 13.0. The van der Waals surface area contributed by atoms with E-state index in [4.69, 9.17) is 0 Å². The maximum Gasteiger partial charge on any atom is -0.0417 e. The molecule has 0 aromatic heterocycles. The van der Waals surface area contributed by atoms with Gasteiger partial charge in [-0.3, -0.25) is 0 Å². The Morgan fingerprint density at radius 3 is 1.69 bits per heavy atom. The highest BCUT2D eigenvalue weighted by molar-refractivity contribution is 4.63. The number of hydrogen-bond acceptors (Lipinski definition) is 0. The van der Waals surface area contributed by atoms with Crippen LogP contribution in [0.2, 0.25) is 0 Å². The van der Waals surface area contributed by atoms with Gasteiger partial charge in [0.1, 0.15) is 0 Å². The second-order valence-corrected chi connectivity index (χ2v) is 4.71. The number of hydrogen-bond donors (Lipinski definition) is 0. The van der Waals surface area contributed by atoms with Crippen molar-refractivity contribution in [2.75, 3.05) is 0 Å². The molecule has 0 atom stereocenters. The average Bonchev–Trinajstić information content (AvgIpc) is 2.20. The van der Waals surface area contributed by atoms with Gasteiger partial charge in [-0.15, -0.1) is 0 Å². The van der Waals surface area contributed by atoms with Gasteiger partial charge in [0, 0.05) is 0 Å². The van der Waals surface area contributed by atoms with Crippen molar-refractivity contribution in [1.82, 2.24) is 0 Å². The fraction of sp³-hybridized carbons (Fsp3) is 1.00. The molecular weight excluding hydrogens is 156 g/mol. The van der Waals surface area contributed by atoms with Crippen LogP contribution in [0.5, 0.6) is 0 Å². The Balaban J connectivity index is 0.000000252. The molecule has 0 amide bonds. The zero-order chi connectivity index (χ0) is 10.1. The van der Waals surface area contributed by atoms with Crippen molar-refractivity contribution >= 4 is 0 Å². The highest BCUT2D eigenvalue weighted by Crippen LogP contribution is 2.25. The molecular formula is C13H28. The molecule has 13 heavy (non-hydrogen) atoms. The lowest BCUT2D eigenvalue weighted by Crippen LogP contribution is -2.03. The lowest BCUT2D eigenvalue weighted by Gasteiger charge is -2.18. The predicted molar refractivity (Wildman–Crippen MR) is 62.0 cm³/mol. The topological polar surface area (TPSA) is 0 Å². The third-order valence-corrected chi connectivity index (χ3v) is 3.12. The summed E-state index contributed by atoms with van der Waals surface area (Å²) in [5.74, 6) is 1.97. The van der Waals surface area contributed by atoms with E-state index in [-0.39, 0.29) is 0 Å². The Bertz CT molecular complexity index is 88.2. The van der Waals surface area contributed by atoms with Crippen molar-refractivity contribution in [3.63, 3.8) is 0 Å². The first-order valence-corrected chi connectivity index (χ1v) is 6.20. The molecule has 0 aromatic carbocycles. The van der Waals surface area contributed by atoms with Crippen LogP contribution in [-0.4, -0.2) is 0 Å². The minimum atomic E-state index is 0.884. The van der Waals surface area contributed by atoms with E-state index < -0.39 is 0 Å². The minimum absolute atomic E-state index is 0.884. The van der Waals surface area contributed by atoms with Crippen LogP contribution in [0.3, 0.4) is 0 Å². The summed E-state index contributed by atoms with van der Waals surface area (Å²) in [7, 11) is 0. The van der Waals surface area contributed by atoms with E-state index in [0.29, 0.717) is 0 Å². The third-order valence-electron chi connectivity index (χ3n) is 3.12. The molecule has 1 aliphatic rings. The first-order chi connectivity index (χ1) is 6.20. The molecule has 1 rings (SSSR count). The molecule has 80 valence electrons. The van der Waals surface area contributed by atoms with Crippen molar-refractivity contribution in [3.8, 4) is 0 Å². The van der Waals surface area contributed by atoms with Gasteiger partial charge in [0.2, 0.25) is 0 Å². The maximum atomic E-state index is 2.32. The molecule has 0 nitrogen and oxygen atoms in total. The highest BCUT2D eigenvalue weighted by Gasteiger charge is 2.09. The largest absolute Gasteiger partial charge is 0.0651 e. The second kappa shape index (κ2) is 8.59. The molecule has 1 fully saturated rings. The van der Waals surface area contributed by atoms with E-state index in [9.17, 15) is 0 Å². The van der Waals surface area contributed by atoms with Crippen LogP contribution < -0.4 is 0 Å². The maximum absolute atomic E-state index is 2.32. The zero-order valence-electron chi connectivity index (χ0n) is 10.1. The third kappa shape index (κ3) is 8.33. The van der Waals surface area contributed by atoms with Crippen LogP contribution in [0.1, 0.15) is 72.6 Å². The van der Waals surface area contributed by atoms with Crippen LogP contribution >= 0.6 is 0 Å². The minimum Gasteiger partial charge on any atom is -0.0651 e. The van der Waals surface area contributed by atoms with Crippen molar-refractivity contribution in [3.05, 3.63) is 0 Å². The van der Waals surface area contributed by atoms with Gasteiger partial charge in [0.05, 0.1) is 0 Å². The Hall–Kier alpha value is 0. The van der Waals surface area contributed by atoms with Crippen LogP contribution in [0.25, 0.3) is 0 Å². The van der Waals surface area contributed by atoms with Gasteiger partial charge in [0.15, 0.2) is 0 Å². The lowest BCUT2D eigenvalue weighted by molar-refractivity contribution is 0.349. The summed E-state index contributed by atoms with van der Waals surface area (Å²) in [4.78, 5) is 0. The standard InChI is InChI=1S/C8H16.C5H12/c1-2-8-6-4-3-5-7-8;1-4-5(2)3/h8H,2-7H2,1H3;5H,4H2,1-3H3. The van der Waals surface area contributed by atoms with Gasteiger partial charge < -0.3 is 0 Å². The van der Waals surface area contributed by atoms with Gasteiger partial charge in [-0.05, 0) is 11.8 Å². The Morgan fingerprint density at radius 2 is 1.46 bits per heavy atom. The summed E-state index contributed by atoms with van der Waals surface area (Å²) < 4.78 is 0. The summed E-state index contributed by atoms with van der Waals surface area (Å²) in [5.41, 5.74) is 0. The summed E-state index contributed by atoms with van der Waals surface area (Å²) in [5, 5.41) is 0. The van der Waals surface area contributed by atoms with E-state index in [1.165, 1.54) is 44.9 Å². The molecule has 0 saturated heterocycles. The van der Waals surface area contributed by atoms with Crippen LogP contribution in [0.15, 0.2) is 0 Å². The highest BCUT2D eigenvalue weighted by atomic mass is 14.2. The van der Waals surface area contributed by atoms with Gasteiger partial charge in [0.25, 0.3) is 0 Å². The van der Waals surface area contributed by atoms with Gasteiger partial charge >= 0.3 is 0 Å². The Morgan fingerprint density at radius 1 is 1.00 bits per heavy atom. The summed E-state index contributed by atoms with van der Waals surface area (Å²) in [6.07, 6.45) is 10.2. The molecule has 0 aliphatic heterocycles. The Kier molecular flexibility index (Phi) is 8.59. The summed E-state index contributed by atoms with van der Waals surface area (Å²) in [6.45, 7) is 8.96. The fourth-order valence-electron chi connectivity index (χ4n) is 1.60. The van der Waals surface area contributed by atoms with Crippen molar-refractivity contribution < 1.29 is 0 Å². The van der Waals surface area contributed by atoms with Crippen LogP contribution in [-0.2, 0) is 0 Å². The molecule has 0 N–H and O–H groups in total. The van der Waals surface area contributed by atoms with E-state index >= 15 is 0 Å². The quantitative estimate of drug-likeness (QED) is 0.564. The molecule has 1 aliphatic carbocycles. The summed E-state index contributed by atoms with van der Waals surface area (Å²) in [6, 6.07) is 0. The molecule has 1 saturated carbocycles. The molecule has 0 bridgehead atoms.